The minimum atomic E-state index is 1.03. The lowest BCUT2D eigenvalue weighted by atomic mass is 10.1. The Kier molecular flexibility index (Phi) is 2.00. The maximum absolute atomic E-state index is 4.52. The van der Waals surface area contributed by atoms with Crippen LogP contribution in [0.25, 0.3) is 22.2 Å². The molecule has 3 rings (SSSR count). The van der Waals surface area contributed by atoms with Gasteiger partial charge in [-0.05, 0) is 37.3 Å². The van der Waals surface area contributed by atoms with Gasteiger partial charge in [0.2, 0.25) is 0 Å². The van der Waals surface area contributed by atoms with Crippen molar-refractivity contribution in [2.75, 3.05) is 0 Å². The van der Waals surface area contributed by atoms with Crippen molar-refractivity contribution in [2.45, 2.75) is 6.92 Å². The van der Waals surface area contributed by atoms with Crippen molar-refractivity contribution in [3.63, 3.8) is 0 Å². The van der Waals surface area contributed by atoms with Crippen LogP contribution in [-0.2, 0) is 0 Å². The van der Waals surface area contributed by atoms with Crippen LogP contribution in [0.4, 0.5) is 0 Å². The number of aromatic nitrogens is 2. The minimum Gasteiger partial charge on any atom is -0.361 e. The number of benzene rings is 1. The molecule has 0 aliphatic rings. The topological polar surface area (TPSA) is 28.7 Å². The third-order valence-electron chi connectivity index (χ3n) is 2.74. The molecule has 0 saturated carbocycles. The van der Waals surface area contributed by atoms with E-state index >= 15 is 0 Å². The number of aromatic amines is 1. The number of fused-ring (bicyclic) bond motifs is 1. The van der Waals surface area contributed by atoms with E-state index in [0.717, 1.165) is 22.5 Å². The van der Waals surface area contributed by atoms with E-state index in [4.69, 9.17) is 0 Å². The van der Waals surface area contributed by atoms with Crippen molar-refractivity contribution < 1.29 is 0 Å². The SMILES string of the molecule is Cc1cccc(-c2ccc3[nH]ccc3c2)n1. The van der Waals surface area contributed by atoms with Gasteiger partial charge in [0.25, 0.3) is 0 Å². The molecule has 0 radical (unpaired) electrons. The van der Waals surface area contributed by atoms with Gasteiger partial charge in [0.15, 0.2) is 0 Å². The summed E-state index contributed by atoms with van der Waals surface area (Å²) in [5, 5.41) is 1.22. The molecule has 0 atom stereocenters. The van der Waals surface area contributed by atoms with Crippen molar-refractivity contribution in [1.29, 1.82) is 0 Å². The average Bonchev–Trinajstić information content (AvgIpc) is 2.75. The van der Waals surface area contributed by atoms with Crippen LogP contribution in [0, 0.1) is 6.92 Å². The highest BCUT2D eigenvalue weighted by Crippen LogP contribution is 2.22. The monoisotopic (exact) mass is 208 g/mol. The van der Waals surface area contributed by atoms with Crippen molar-refractivity contribution in [3.8, 4) is 11.3 Å². The molecule has 2 aromatic heterocycles. The average molecular weight is 208 g/mol. The van der Waals surface area contributed by atoms with E-state index in [-0.39, 0.29) is 0 Å². The third kappa shape index (κ3) is 1.48. The predicted octanol–water partition coefficient (Wildman–Crippen LogP) is 3.54. The molecule has 0 spiro atoms. The Morgan fingerprint density at radius 2 is 2.00 bits per heavy atom. The number of hydrogen-bond acceptors (Lipinski definition) is 1. The fraction of sp³-hybridized carbons (Fsp3) is 0.0714. The Labute approximate surface area is 94.0 Å². The Morgan fingerprint density at radius 3 is 2.88 bits per heavy atom. The number of hydrogen-bond donors (Lipinski definition) is 1. The molecule has 2 nitrogen and oxygen atoms in total. The van der Waals surface area contributed by atoms with Gasteiger partial charge in [-0.25, -0.2) is 0 Å². The third-order valence-corrected chi connectivity index (χ3v) is 2.74. The fourth-order valence-corrected chi connectivity index (χ4v) is 1.92. The Morgan fingerprint density at radius 1 is 1.06 bits per heavy atom. The zero-order valence-corrected chi connectivity index (χ0v) is 9.07. The molecule has 0 aliphatic heterocycles. The molecular formula is C14H12N2. The van der Waals surface area contributed by atoms with E-state index in [1.54, 1.807) is 0 Å². The standard InChI is InChI=1S/C14H12N2/c1-10-3-2-4-14(16-10)11-5-6-13-12(9-11)7-8-15-13/h2-9,15H,1H3. The fourth-order valence-electron chi connectivity index (χ4n) is 1.92. The number of H-pyrrole nitrogens is 1. The smallest absolute Gasteiger partial charge is 0.0705 e. The van der Waals surface area contributed by atoms with Gasteiger partial charge in [-0.1, -0.05) is 12.1 Å². The summed E-state index contributed by atoms with van der Waals surface area (Å²) in [6, 6.07) is 14.5. The molecule has 16 heavy (non-hydrogen) atoms. The summed E-state index contributed by atoms with van der Waals surface area (Å²) in [6.45, 7) is 2.01. The molecule has 2 heterocycles. The lowest BCUT2D eigenvalue weighted by Gasteiger charge is -2.02. The zero-order chi connectivity index (χ0) is 11.0. The van der Waals surface area contributed by atoms with E-state index in [0.29, 0.717) is 0 Å². The van der Waals surface area contributed by atoms with Crippen molar-refractivity contribution in [2.24, 2.45) is 0 Å². The van der Waals surface area contributed by atoms with Gasteiger partial charge in [0, 0.05) is 28.4 Å². The van der Waals surface area contributed by atoms with Gasteiger partial charge < -0.3 is 4.98 Å². The van der Waals surface area contributed by atoms with Gasteiger partial charge in [-0.15, -0.1) is 0 Å². The minimum absolute atomic E-state index is 1.03. The van der Waals surface area contributed by atoms with Crippen LogP contribution in [0.15, 0.2) is 48.7 Å². The van der Waals surface area contributed by atoms with E-state index in [2.05, 4.69) is 34.2 Å². The number of nitrogens with zero attached hydrogens (tertiary/aromatic N) is 1. The van der Waals surface area contributed by atoms with E-state index < -0.39 is 0 Å². The highest BCUT2D eigenvalue weighted by atomic mass is 14.7. The molecule has 1 aromatic carbocycles. The van der Waals surface area contributed by atoms with Crippen LogP contribution < -0.4 is 0 Å². The number of aryl methyl sites for hydroxylation is 1. The van der Waals surface area contributed by atoms with Gasteiger partial charge in [-0.3, -0.25) is 4.98 Å². The lowest BCUT2D eigenvalue weighted by Crippen LogP contribution is -1.85. The number of pyridine rings is 1. The van der Waals surface area contributed by atoms with Crippen LogP contribution >= 0.6 is 0 Å². The maximum atomic E-state index is 4.52. The Bertz CT molecular complexity index is 638. The van der Waals surface area contributed by atoms with E-state index in [1.807, 2.05) is 31.3 Å². The van der Waals surface area contributed by atoms with Crippen LogP contribution in [-0.4, -0.2) is 9.97 Å². The maximum Gasteiger partial charge on any atom is 0.0705 e. The Hall–Kier alpha value is -2.09. The first-order chi connectivity index (χ1) is 7.83. The van der Waals surface area contributed by atoms with Crippen LogP contribution in [0.5, 0.6) is 0 Å². The van der Waals surface area contributed by atoms with Crippen LogP contribution in [0.1, 0.15) is 5.69 Å². The number of rotatable bonds is 1. The summed E-state index contributed by atoms with van der Waals surface area (Å²) < 4.78 is 0. The predicted molar refractivity (Wildman–Crippen MR) is 66.3 cm³/mol. The summed E-state index contributed by atoms with van der Waals surface area (Å²) in [5.74, 6) is 0. The molecule has 0 saturated heterocycles. The molecule has 0 fully saturated rings. The summed E-state index contributed by atoms with van der Waals surface area (Å²) >= 11 is 0. The van der Waals surface area contributed by atoms with E-state index in [1.165, 1.54) is 5.39 Å². The second-order valence-electron chi connectivity index (χ2n) is 3.94. The molecule has 3 aromatic rings. The summed E-state index contributed by atoms with van der Waals surface area (Å²) in [6.07, 6.45) is 1.96. The quantitative estimate of drug-likeness (QED) is 0.651. The zero-order valence-electron chi connectivity index (χ0n) is 9.07. The van der Waals surface area contributed by atoms with Crippen LogP contribution in [0.3, 0.4) is 0 Å². The lowest BCUT2D eigenvalue weighted by molar-refractivity contribution is 1.21. The molecule has 0 unspecified atom stereocenters. The second-order valence-corrected chi connectivity index (χ2v) is 3.94. The normalized spacial score (nSPS) is 10.8. The molecule has 78 valence electrons. The van der Waals surface area contributed by atoms with Gasteiger partial charge in [0.05, 0.1) is 5.69 Å². The van der Waals surface area contributed by atoms with Crippen molar-refractivity contribution >= 4 is 10.9 Å². The highest BCUT2D eigenvalue weighted by Gasteiger charge is 2.01. The summed E-state index contributed by atoms with van der Waals surface area (Å²) in [5.41, 5.74) is 4.40. The Balaban J connectivity index is 2.18. The first-order valence-electron chi connectivity index (χ1n) is 5.34. The van der Waals surface area contributed by atoms with Gasteiger partial charge in [-0.2, -0.15) is 0 Å². The number of nitrogens with one attached hydrogen (secondary N) is 1. The molecule has 1 N–H and O–H groups in total. The van der Waals surface area contributed by atoms with Gasteiger partial charge >= 0.3 is 0 Å². The summed E-state index contributed by atoms with van der Waals surface area (Å²) in [4.78, 5) is 7.71. The molecule has 2 heteroatoms. The first kappa shape index (κ1) is 9.16. The summed E-state index contributed by atoms with van der Waals surface area (Å²) in [7, 11) is 0. The first-order valence-corrected chi connectivity index (χ1v) is 5.34. The molecule has 0 bridgehead atoms. The van der Waals surface area contributed by atoms with Crippen molar-refractivity contribution in [1.82, 2.24) is 9.97 Å². The van der Waals surface area contributed by atoms with Crippen molar-refractivity contribution in [3.05, 3.63) is 54.4 Å². The van der Waals surface area contributed by atoms with E-state index in [9.17, 15) is 0 Å². The highest BCUT2D eigenvalue weighted by molar-refractivity contribution is 5.84. The molecular weight excluding hydrogens is 196 g/mol. The largest absolute Gasteiger partial charge is 0.361 e. The van der Waals surface area contributed by atoms with Crippen LogP contribution in [0.2, 0.25) is 0 Å². The molecule has 0 aliphatic carbocycles. The molecule has 0 amide bonds. The second kappa shape index (κ2) is 3.49. The van der Waals surface area contributed by atoms with Gasteiger partial charge in [0.1, 0.15) is 0 Å².